The van der Waals surface area contributed by atoms with Gasteiger partial charge in [-0.1, -0.05) is 26.0 Å². The first-order valence-electron chi connectivity index (χ1n) is 9.52. The van der Waals surface area contributed by atoms with Gasteiger partial charge >= 0.3 is 0 Å². The van der Waals surface area contributed by atoms with Crippen LogP contribution in [0.15, 0.2) is 29.3 Å². The summed E-state index contributed by atoms with van der Waals surface area (Å²) in [5.41, 5.74) is 1.24. The van der Waals surface area contributed by atoms with E-state index in [0.717, 1.165) is 57.5 Å². The Bertz CT molecular complexity index is 569. The Hall–Kier alpha value is -1.06. The molecule has 0 bridgehead atoms. The Kier molecular flexibility index (Phi) is 11.7. The van der Waals surface area contributed by atoms with Crippen LogP contribution in [-0.2, 0) is 11.2 Å². The van der Waals surface area contributed by atoms with E-state index < -0.39 is 0 Å². The van der Waals surface area contributed by atoms with Gasteiger partial charge in [-0.15, -0.1) is 24.0 Å². The molecule has 0 amide bonds. The predicted octanol–water partition coefficient (Wildman–Crippen LogP) is 2.38. The van der Waals surface area contributed by atoms with E-state index in [9.17, 15) is 0 Å². The number of morpholine rings is 1. The third-order valence-electron chi connectivity index (χ3n) is 4.41. The molecule has 6 nitrogen and oxygen atoms in total. The van der Waals surface area contributed by atoms with E-state index in [0.29, 0.717) is 5.92 Å². The summed E-state index contributed by atoms with van der Waals surface area (Å²) < 4.78 is 11.2. The molecule has 0 spiro atoms. The van der Waals surface area contributed by atoms with E-state index in [1.165, 1.54) is 5.56 Å². The summed E-state index contributed by atoms with van der Waals surface area (Å²) in [6, 6.07) is 8.16. The molecule has 1 aliphatic heterocycles. The van der Waals surface area contributed by atoms with Crippen LogP contribution in [0.25, 0.3) is 0 Å². The van der Waals surface area contributed by atoms with E-state index in [2.05, 4.69) is 46.5 Å². The lowest BCUT2D eigenvalue weighted by molar-refractivity contribution is -0.0284. The van der Waals surface area contributed by atoms with Gasteiger partial charge in [-0.3, -0.25) is 9.89 Å². The summed E-state index contributed by atoms with van der Waals surface area (Å²) in [6.07, 6.45) is 1.12. The van der Waals surface area contributed by atoms with Crippen LogP contribution < -0.4 is 15.4 Å². The second-order valence-corrected chi connectivity index (χ2v) is 7.13. The molecule has 27 heavy (non-hydrogen) atoms. The fourth-order valence-electron chi connectivity index (χ4n) is 3.17. The standard InChI is InChI=1S/C20H34N4O2.HI/c1-16(2)14-24-10-11-26-19(15-24)13-23-20(21-3)22-9-8-17-6-5-7-18(12-17)25-4;/h5-7,12,16,19H,8-11,13-15H2,1-4H3,(H2,21,22,23);1H. The molecule has 1 unspecified atom stereocenters. The second kappa shape index (κ2) is 13.2. The summed E-state index contributed by atoms with van der Waals surface area (Å²) in [7, 11) is 3.49. The van der Waals surface area contributed by atoms with Gasteiger partial charge in [0.25, 0.3) is 0 Å². The Morgan fingerprint density at radius 2 is 2.19 bits per heavy atom. The van der Waals surface area contributed by atoms with Crippen LogP contribution in [-0.4, -0.2) is 70.5 Å². The molecule has 0 aromatic heterocycles. The molecule has 7 heteroatoms. The van der Waals surface area contributed by atoms with Gasteiger partial charge in [0.2, 0.25) is 0 Å². The molecule has 1 heterocycles. The molecule has 0 saturated carbocycles. The van der Waals surface area contributed by atoms with Crippen molar-refractivity contribution >= 4 is 29.9 Å². The molecular weight excluding hydrogens is 455 g/mol. The third-order valence-corrected chi connectivity index (χ3v) is 4.41. The number of aliphatic imine (C=N–C) groups is 1. The minimum absolute atomic E-state index is 0. The zero-order valence-electron chi connectivity index (χ0n) is 17.0. The lowest BCUT2D eigenvalue weighted by Crippen LogP contribution is -2.50. The van der Waals surface area contributed by atoms with Crippen molar-refractivity contribution in [2.75, 3.05) is 53.5 Å². The summed E-state index contributed by atoms with van der Waals surface area (Å²) in [5.74, 6) is 2.40. The highest BCUT2D eigenvalue weighted by atomic mass is 127. The average Bonchev–Trinajstić information content (AvgIpc) is 2.64. The van der Waals surface area contributed by atoms with Crippen LogP contribution in [0.4, 0.5) is 0 Å². The Morgan fingerprint density at radius 1 is 1.37 bits per heavy atom. The van der Waals surface area contributed by atoms with Gasteiger partial charge in [0, 0.05) is 39.8 Å². The van der Waals surface area contributed by atoms with Gasteiger partial charge in [-0.05, 0) is 30.0 Å². The van der Waals surface area contributed by atoms with Crippen LogP contribution in [0.5, 0.6) is 5.75 Å². The Labute approximate surface area is 181 Å². The van der Waals surface area contributed by atoms with Crippen molar-refractivity contribution in [1.29, 1.82) is 0 Å². The van der Waals surface area contributed by atoms with Crippen molar-refractivity contribution in [3.63, 3.8) is 0 Å². The highest BCUT2D eigenvalue weighted by Crippen LogP contribution is 2.12. The van der Waals surface area contributed by atoms with Gasteiger partial charge in [0.15, 0.2) is 5.96 Å². The van der Waals surface area contributed by atoms with Crippen molar-refractivity contribution < 1.29 is 9.47 Å². The lowest BCUT2D eigenvalue weighted by Gasteiger charge is -2.34. The number of hydrogen-bond donors (Lipinski definition) is 2. The molecule has 2 N–H and O–H groups in total. The first-order valence-corrected chi connectivity index (χ1v) is 9.52. The molecule has 1 saturated heterocycles. The largest absolute Gasteiger partial charge is 0.497 e. The van der Waals surface area contributed by atoms with Crippen LogP contribution in [0.2, 0.25) is 0 Å². The first kappa shape index (κ1) is 24.0. The number of hydrogen-bond acceptors (Lipinski definition) is 4. The van der Waals surface area contributed by atoms with Gasteiger partial charge in [-0.2, -0.15) is 0 Å². The fourth-order valence-corrected chi connectivity index (χ4v) is 3.17. The lowest BCUT2D eigenvalue weighted by atomic mass is 10.1. The number of nitrogens with one attached hydrogen (secondary N) is 2. The normalized spacial score (nSPS) is 18.1. The van der Waals surface area contributed by atoms with Crippen molar-refractivity contribution in [1.82, 2.24) is 15.5 Å². The van der Waals surface area contributed by atoms with Crippen LogP contribution >= 0.6 is 24.0 Å². The van der Waals surface area contributed by atoms with E-state index in [-0.39, 0.29) is 30.1 Å². The van der Waals surface area contributed by atoms with Crippen molar-refractivity contribution in [2.24, 2.45) is 10.9 Å². The van der Waals surface area contributed by atoms with Gasteiger partial charge in [0.05, 0.1) is 19.8 Å². The van der Waals surface area contributed by atoms with Crippen LogP contribution in [0, 0.1) is 5.92 Å². The number of nitrogens with zero attached hydrogens (tertiary/aromatic N) is 2. The number of rotatable bonds is 8. The molecule has 1 atom stereocenters. The first-order chi connectivity index (χ1) is 12.6. The zero-order valence-corrected chi connectivity index (χ0v) is 19.4. The zero-order chi connectivity index (χ0) is 18.8. The monoisotopic (exact) mass is 490 g/mol. The number of methoxy groups -OCH3 is 1. The molecule has 1 fully saturated rings. The number of halogens is 1. The van der Waals surface area contributed by atoms with Gasteiger partial charge in [0.1, 0.15) is 5.75 Å². The number of benzene rings is 1. The molecular formula is C20H35IN4O2. The Morgan fingerprint density at radius 3 is 2.89 bits per heavy atom. The minimum atomic E-state index is 0. The maximum absolute atomic E-state index is 5.88. The van der Waals surface area contributed by atoms with Gasteiger partial charge < -0.3 is 20.1 Å². The fraction of sp³-hybridized carbons (Fsp3) is 0.650. The average molecular weight is 490 g/mol. The third kappa shape index (κ3) is 9.12. The highest BCUT2D eigenvalue weighted by Gasteiger charge is 2.20. The Balaban J connectivity index is 0.00000364. The maximum atomic E-state index is 5.88. The van der Waals surface area contributed by atoms with Crippen molar-refractivity contribution in [3.8, 4) is 5.75 Å². The molecule has 0 radical (unpaired) electrons. The molecule has 154 valence electrons. The molecule has 1 aliphatic rings. The van der Waals surface area contributed by atoms with Crippen LogP contribution in [0.1, 0.15) is 19.4 Å². The summed E-state index contributed by atoms with van der Waals surface area (Å²) in [4.78, 5) is 6.79. The minimum Gasteiger partial charge on any atom is -0.497 e. The van der Waals surface area contributed by atoms with E-state index in [4.69, 9.17) is 9.47 Å². The highest BCUT2D eigenvalue weighted by molar-refractivity contribution is 14.0. The van der Waals surface area contributed by atoms with E-state index >= 15 is 0 Å². The predicted molar refractivity (Wildman–Crippen MR) is 122 cm³/mol. The quantitative estimate of drug-likeness (QED) is 0.333. The molecule has 2 rings (SSSR count). The summed E-state index contributed by atoms with van der Waals surface area (Å²) in [5, 5.41) is 6.75. The number of ether oxygens (including phenoxy) is 2. The maximum Gasteiger partial charge on any atom is 0.191 e. The number of guanidine groups is 1. The summed E-state index contributed by atoms with van der Waals surface area (Å²) >= 11 is 0. The van der Waals surface area contributed by atoms with Crippen molar-refractivity contribution in [2.45, 2.75) is 26.4 Å². The molecule has 0 aliphatic carbocycles. The van der Waals surface area contributed by atoms with E-state index in [1.807, 2.05) is 12.1 Å². The topological polar surface area (TPSA) is 58.1 Å². The second-order valence-electron chi connectivity index (χ2n) is 7.13. The smallest absolute Gasteiger partial charge is 0.191 e. The SMILES string of the molecule is CN=C(NCCc1cccc(OC)c1)NCC1CN(CC(C)C)CCO1.I. The van der Waals surface area contributed by atoms with E-state index in [1.54, 1.807) is 14.2 Å². The van der Waals surface area contributed by atoms with Crippen molar-refractivity contribution in [3.05, 3.63) is 29.8 Å². The summed E-state index contributed by atoms with van der Waals surface area (Å²) in [6.45, 7) is 10.1. The van der Waals surface area contributed by atoms with Gasteiger partial charge in [-0.25, -0.2) is 0 Å². The molecule has 1 aromatic carbocycles. The molecule has 1 aromatic rings. The van der Waals surface area contributed by atoms with Crippen LogP contribution in [0.3, 0.4) is 0 Å².